The molecule has 0 radical (unpaired) electrons. The lowest BCUT2D eigenvalue weighted by atomic mass is 10.2. The van der Waals surface area contributed by atoms with Crippen molar-refractivity contribution in [2.75, 3.05) is 5.73 Å². The molecule has 2 N–H and O–H groups in total. The van der Waals surface area contributed by atoms with Crippen LogP contribution in [0.3, 0.4) is 0 Å². The molecule has 1 aliphatic rings. The van der Waals surface area contributed by atoms with Crippen molar-refractivity contribution >= 4 is 5.69 Å². The number of nitrogens with zero attached hydrogens (tertiary/aromatic N) is 1. The van der Waals surface area contributed by atoms with Gasteiger partial charge in [-0.1, -0.05) is 0 Å². The molecule has 3 nitrogen and oxygen atoms in total. The molecular formula is C10H14N2O. The normalized spacial score (nSPS) is 18.2. The maximum Gasteiger partial charge on any atom is 0.160 e. The van der Waals surface area contributed by atoms with Gasteiger partial charge < -0.3 is 10.5 Å². The van der Waals surface area contributed by atoms with E-state index in [0.29, 0.717) is 11.4 Å². The summed E-state index contributed by atoms with van der Waals surface area (Å²) in [5.41, 5.74) is 6.39. The van der Waals surface area contributed by atoms with Gasteiger partial charge >= 0.3 is 0 Å². The van der Waals surface area contributed by atoms with E-state index in [9.17, 15) is 0 Å². The Morgan fingerprint density at radius 2 is 2.38 bits per heavy atom. The minimum Gasteiger partial charge on any atom is -0.487 e. The number of hydrogen-bond donors (Lipinski definition) is 1. The monoisotopic (exact) mass is 178 g/mol. The second-order valence-electron chi connectivity index (χ2n) is 3.57. The van der Waals surface area contributed by atoms with Crippen molar-refractivity contribution in [1.82, 2.24) is 4.98 Å². The van der Waals surface area contributed by atoms with Crippen molar-refractivity contribution in [3.8, 4) is 5.75 Å². The Bertz CT molecular complexity index is 297. The van der Waals surface area contributed by atoms with Crippen molar-refractivity contribution < 1.29 is 4.74 Å². The molecule has 0 spiro atoms. The highest BCUT2D eigenvalue weighted by atomic mass is 16.5. The lowest BCUT2D eigenvalue weighted by molar-refractivity contribution is 0.198. The highest BCUT2D eigenvalue weighted by Gasteiger charge is 2.29. The summed E-state index contributed by atoms with van der Waals surface area (Å²) in [7, 11) is 0. The minimum atomic E-state index is 0.270. The first kappa shape index (κ1) is 8.35. The quantitative estimate of drug-likeness (QED) is 0.768. The van der Waals surface area contributed by atoms with Crippen LogP contribution in [-0.2, 0) is 0 Å². The van der Waals surface area contributed by atoms with Crippen LogP contribution >= 0.6 is 0 Å². The van der Waals surface area contributed by atoms with Gasteiger partial charge in [-0.3, -0.25) is 4.98 Å². The van der Waals surface area contributed by atoms with Gasteiger partial charge in [-0.15, -0.1) is 0 Å². The van der Waals surface area contributed by atoms with Crippen molar-refractivity contribution in [1.29, 1.82) is 0 Å². The van der Waals surface area contributed by atoms with E-state index < -0.39 is 0 Å². The smallest absolute Gasteiger partial charge is 0.160 e. The van der Waals surface area contributed by atoms with Crippen molar-refractivity contribution in [2.24, 2.45) is 5.92 Å². The number of pyridine rings is 1. The largest absolute Gasteiger partial charge is 0.487 e. The fourth-order valence-electron chi connectivity index (χ4n) is 1.35. The molecular weight excluding hydrogens is 164 g/mol. The van der Waals surface area contributed by atoms with Gasteiger partial charge in [0.25, 0.3) is 0 Å². The maximum atomic E-state index is 5.72. The lowest BCUT2D eigenvalue weighted by Crippen LogP contribution is -2.14. The van der Waals surface area contributed by atoms with Crippen LogP contribution in [0, 0.1) is 5.92 Å². The second-order valence-corrected chi connectivity index (χ2v) is 3.57. The lowest BCUT2D eigenvalue weighted by Gasteiger charge is -2.14. The third kappa shape index (κ3) is 1.91. The number of nitrogen functional groups attached to an aromatic ring is 1. The summed E-state index contributed by atoms with van der Waals surface area (Å²) in [4.78, 5) is 3.97. The van der Waals surface area contributed by atoms with Crippen molar-refractivity contribution in [2.45, 2.75) is 25.9 Å². The number of anilines is 1. The van der Waals surface area contributed by atoms with Gasteiger partial charge in [-0.25, -0.2) is 0 Å². The fraction of sp³-hybridized carbons (Fsp3) is 0.500. The molecule has 1 saturated carbocycles. The topological polar surface area (TPSA) is 48.1 Å². The summed E-state index contributed by atoms with van der Waals surface area (Å²) in [5.74, 6) is 1.43. The molecule has 0 aliphatic heterocycles. The molecule has 1 aromatic heterocycles. The number of nitrogens with two attached hydrogens (primary N) is 1. The molecule has 0 aromatic carbocycles. The van der Waals surface area contributed by atoms with Gasteiger partial charge in [0.15, 0.2) is 5.75 Å². The third-order valence-electron chi connectivity index (χ3n) is 2.42. The van der Waals surface area contributed by atoms with Crippen LogP contribution in [0.15, 0.2) is 18.5 Å². The van der Waals surface area contributed by atoms with E-state index >= 15 is 0 Å². The van der Waals surface area contributed by atoms with Gasteiger partial charge in [0, 0.05) is 6.20 Å². The fourth-order valence-corrected chi connectivity index (χ4v) is 1.35. The maximum absolute atomic E-state index is 5.72. The number of aromatic nitrogens is 1. The summed E-state index contributed by atoms with van der Waals surface area (Å²) in [6.07, 6.45) is 6.17. The Morgan fingerprint density at radius 1 is 1.62 bits per heavy atom. The summed E-state index contributed by atoms with van der Waals surface area (Å²) >= 11 is 0. The number of rotatable bonds is 3. The van der Waals surface area contributed by atoms with Crippen LogP contribution in [0.2, 0.25) is 0 Å². The number of ether oxygens (including phenoxy) is 1. The Balaban J connectivity index is 2.03. The Morgan fingerprint density at radius 3 is 3.00 bits per heavy atom. The number of hydrogen-bond acceptors (Lipinski definition) is 3. The summed E-state index contributed by atoms with van der Waals surface area (Å²) in [6, 6.07) is 1.76. The van der Waals surface area contributed by atoms with Gasteiger partial charge in [0.2, 0.25) is 0 Å². The van der Waals surface area contributed by atoms with Gasteiger partial charge in [-0.05, 0) is 31.7 Å². The first-order valence-electron chi connectivity index (χ1n) is 4.63. The molecule has 1 atom stereocenters. The van der Waals surface area contributed by atoms with E-state index in [2.05, 4.69) is 11.9 Å². The predicted molar refractivity (Wildman–Crippen MR) is 51.5 cm³/mol. The second kappa shape index (κ2) is 3.24. The van der Waals surface area contributed by atoms with E-state index in [1.807, 2.05) is 0 Å². The van der Waals surface area contributed by atoms with Crippen LogP contribution in [0.5, 0.6) is 5.75 Å². The molecule has 1 fully saturated rings. The van der Waals surface area contributed by atoms with Gasteiger partial charge in [0.05, 0.1) is 18.0 Å². The summed E-state index contributed by atoms with van der Waals surface area (Å²) < 4.78 is 5.68. The minimum absolute atomic E-state index is 0.270. The molecule has 1 unspecified atom stereocenters. The molecule has 2 rings (SSSR count). The predicted octanol–water partition coefficient (Wildman–Crippen LogP) is 1.84. The van der Waals surface area contributed by atoms with E-state index in [0.717, 1.165) is 5.92 Å². The van der Waals surface area contributed by atoms with Crippen LogP contribution < -0.4 is 10.5 Å². The zero-order chi connectivity index (χ0) is 9.26. The van der Waals surface area contributed by atoms with Crippen molar-refractivity contribution in [3.63, 3.8) is 0 Å². The molecule has 1 aromatic rings. The summed E-state index contributed by atoms with van der Waals surface area (Å²) in [6.45, 7) is 2.09. The zero-order valence-corrected chi connectivity index (χ0v) is 7.73. The average molecular weight is 178 g/mol. The van der Waals surface area contributed by atoms with E-state index in [1.54, 1.807) is 18.5 Å². The van der Waals surface area contributed by atoms with Crippen LogP contribution in [0.1, 0.15) is 19.8 Å². The SMILES string of the molecule is CC(Oc1cnccc1N)C1CC1. The molecule has 0 saturated heterocycles. The summed E-state index contributed by atoms with van der Waals surface area (Å²) in [5, 5.41) is 0. The molecule has 70 valence electrons. The first-order chi connectivity index (χ1) is 6.27. The van der Waals surface area contributed by atoms with Crippen LogP contribution in [0.25, 0.3) is 0 Å². The molecule has 3 heteroatoms. The van der Waals surface area contributed by atoms with Crippen molar-refractivity contribution in [3.05, 3.63) is 18.5 Å². The molecule has 13 heavy (non-hydrogen) atoms. The Labute approximate surface area is 77.9 Å². The average Bonchev–Trinajstić information content (AvgIpc) is 2.91. The highest BCUT2D eigenvalue weighted by Crippen LogP contribution is 2.35. The first-order valence-corrected chi connectivity index (χ1v) is 4.63. The molecule has 1 heterocycles. The third-order valence-corrected chi connectivity index (χ3v) is 2.42. The van der Waals surface area contributed by atoms with Gasteiger partial charge in [-0.2, -0.15) is 0 Å². The van der Waals surface area contributed by atoms with E-state index in [4.69, 9.17) is 10.5 Å². The molecule has 1 aliphatic carbocycles. The van der Waals surface area contributed by atoms with Crippen LogP contribution in [-0.4, -0.2) is 11.1 Å². The Hall–Kier alpha value is -1.25. The standard InChI is InChI=1S/C10H14N2O/c1-7(8-2-3-8)13-10-6-12-5-4-9(10)11/h4-8H,2-3H2,1H3,(H2,11,12). The molecule has 0 amide bonds. The Kier molecular flexibility index (Phi) is 2.08. The van der Waals surface area contributed by atoms with Gasteiger partial charge in [0.1, 0.15) is 0 Å². The zero-order valence-electron chi connectivity index (χ0n) is 7.73. The highest BCUT2D eigenvalue weighted by molar-refractivity contribution is 5.49. The van der Waals surface area contributed by atoms with E-state index in [1.165, 1.54) is 12.8 Å². The van der Waals surface area contributed by atoms with E-state index in [-0.39, 0.29) is 6.10 Å². The van der Waals surface area contributed by atoms with Crippen LogP contribution in [0.4, 0.5) is 5.69 Å². The molecule has 0 bridgehead atoms.